The molecule has 13 nitrogen and oxygen atoms in total. The van der Waals surface area contributed by atoms with Crippen molar-refractivity contribution in [3.8, 4) is 11.5 Å². The first-order valence-corrected chi connectivity index (χ1v) is 13.7. The highest BCUT2D eigenvalue weighted by Gasteiger charge is 2.69. The summed E-state index contributed by atoms with van der Waals surface area (Å²) in [7, 11) is 1.24. The number of aliphatic hydroxyl groups is 3. The van der Waals surface area contributed by atoms with Crippen molar-refractivity contribution >= 4 is 23.8 Å². The van der Waals surface area contributed by atoms with Gasteiger partial charge in [-0.05, 0) is 45.0 Å². The van der Waals surface area contributed by atoms with Crippen molar-refractivity contribution in [1.29, 1.82) is 0 Å². The lowest BCUT2D eigenvalue weighted by Gasteiger charge is -2.53. The van der Waals surface area contributed by atoms with E-state index in [9.17, 15) is 39.9 Å². The maximum atomic E-state index is 15.4. The maximum Gasteiger partial charge on any atom is 0.277 e. The molecule has 0 saturated carbocycles. The summed E-state index contributed by atoms with van der Waals surface area (Å²) < 4.78 is 20.8. The number of carbonyl (C=O) groups is 3. The molecule has 2 heterocycles. The number of nitrogens with one attached hydrogen (secondary N) is 2. The summed E-state index contributed by atoms with van der Waals surface area (Å²) in [5.74, 6) is -4.44. The number of hydrogen-bond acceptors (Lipinski definition) is 12. The predicted molar refractivity (Wildman–Crippen MR) is 151 cm³/mol. The Kier molecular flexibility index (Phi) is 8.84. The first-order valence-electron chi connectivity index (χ1n) is 13.7. The number of benzene rings is 2. The van der Waals surface area contributed by atoms with Gasteiger partial charge in [-0.3, -0.25) is 29.5 Å². The Bertz CT molecular complexity index is 1410. The molecule has 7 N–H and O–H groups in total. The van der Waals surface area contributed by atoms with Gasteiger partial charge in [-0.25, -0.2) is 4.39 Å². The normalized spacial score (nSPS) is 26.4. The zero-order valence-electron chi connectivity index (χ0n) is 24.4. The van der Waals surface area contributed by atoms with Gasteiger partial charge >= 0.3 is 0 Å². The Morgan fingerprint density at radius 3 is 2.35 bits per heavy atom. The molecule has 2 aliphatic heterocycles. The van der Waals surface area contributed by atoms with E-state index in [4.69, 9.17) is 4.74 Å². The molecule has 0 bridgehead atoms. The average Bonchev–Trinajstić information content (AvgIpc) is 2.97. The van der Waals surface area contributed by atoms with E-state index in [0.717, 1.165) is 18.7 Å². The van der Waals surface area contributed by atoms with Gasteiger partial charge < -0.3 is 35.6 Å². The van der Waals surface area contributed by atoms with Gasteiger partial charge in [0.25, 0.3) is 11.8 Å². The van der Waals surface area contributed by atoms with E-state index in [1.165, 1.54) is 25.2 Å². The monoisotopic (exact) mass is 604 g/mol. The summed E-state index contributed by atoms with van der Waals surface area (Å²) in [6, 6.07) is 4.52. The molecule has 2 fully saturated rings. The topological polar surface area (TPSA) is 192 Å². The van der Waals surface area contributed by atoms with Crippen molar-refractivity contribution in [3.63, 3.8) is 0 Å². The van der Waals surface area contributed by atoms with Crippen LogP contribution in [0.15, 0.2) is 18.2 Å². The third-order valence-corrected chi connectivity index (χ3v) is 8.69. The smallest absolute Gasteiger partial charge is 0.277 e. The molecule has 14 heteroatoms. The number of piperidine rings is 1. The molecule has 234 valence electrons. The van der Waals surface area contributed by atoms with Crippen LogP contribution < -0.4 is 10.6 Å². The molecule has 0 aromatic heterocycles. The summed E-state index contributed by atoms with van der Waals surface area (Å²) in [6.45, 7) is 5.17. The molecule has 0 radical (unpaired) electrons. The number of amides is 2. The Labute approximate surface area is 247 Å². The number of hydrogen-bond donors (Lipinski definition) is 7. The largest absolute Gasteiger partial charge is 0.507 e. The zero-order valence-corrected chi connectivity index (χ0v) is 24.4. The van der Waals surface area contributed by atoms with Crippen molar-refractivity contribution < 1.29 is 49.0 Å². The van der Waals surface area contributed by atoms with Gasteiger partial charge in [-0.1, -0.05) is 12.1 Å². The molecule has 3 unspecified atom stereocenters. The van der Waals surface area contributed by atoms with Crippen LogP contribution in [0.4, 0.5) is 10.1 Å². The van der Waals surface area contributed by atoms with Crippen LogP contribution in [0.1, 0.15) is 46.5 Å². The minimum absolute atomic E-state index is 0.115. The van der Waals surface area contributed by atoms with Crippen LogP contribution in [0, 0.1) is 12.7 Å². The van der Waals surface area contributed by atoms with Gasteiger partial charge in [0.2, 0.25) is 5.72 Å². The van der Waals surface area contributed by atoms with Gasteiger partial charge in [0.1, 0.15) is 12.0 Å². The van der Waals surface area contributed by atoms with Crippen LogP contribution in [0.2, 0.25) is 0 Å². The molecule has 43 heavy (non-hydrogen) atoms. The second kappa shape index (κ2) is 11.8. The number of phenols is 2. The lowest BCUT2D eigenvalue weighted by molar-refractivity contribution is -0.274. The molecular weight excluding hydrogens is 567 g/mol. The maximum absolute atomic E-state index is 15.4. The number of aromatic hydroxyl groups is 2. The molecule has 3 atom stereocenters. The first-order chi connectivity index (χ1) is 20.1. The highest BCUT2D eigenvalue weighted by atomic mass is 19.1. The number of morpholine rings is 1. The van der Waals surface area contributed by atoms with Crippen LogP contribution in [0.25, 0.3) is 0 Å². The molecule has 2 aromatic carbocycles. The van der Waals surface area contributed by atoms with E-state index < -0.39 is 40.3 Å². The van der Waals surface area contributed by atoms with Crippen LogP contribution in [-0.2, 0) is 34.0 Å². The summed E-state index contributed by atoms with van der Waals surface area (Å²) >= 11 is 0. The minimum Gasteiger partial charge on any atom is -0.507 e. The minimum atomic E-state index is -2.83. The number of phenolic OH excluding ortho intramolecular Hbond substituents is 2. The van der Waals surface area contributed by atoms with Crippen LogP contribution >= 0.6 is 0 Å². The third-order valence-electron chi connectivity index (χ3n) is 8.69. The van der Waals surface area contributed by atoms with Crippen molar-refractivity contribution in [1.82, 2.24) is 15.1 Å². The Morgan fingerprint density at radius 2 is 1.72 bits per heavy atom. The molecule has 0 spiro atoms. The molecule has 2 amide bonds. The summed E-state index contributed by atoms with van der Waals surface area (Å²) in [5, 5.41) is 59.6. The fraction of sp³-hybridized carbons (Fsp3) is 0.483. The third kappa shape index (κ3) is 5.34. The molecule has 4 rings (SSSR count). The Hall–Kier alpha value is -3.66. The van der Waals surface area contributed by atoms with Gasteiger partial charge in [-0.15, -0.1) is 0 Å². The molecule has 0 aliphatic carbocycles. The van der Waals surface area contributed by atoms with Gasteiger partial charge in [-0.2, -0.15) is 0 Å². The second-order valence-electron chi connectivity index (χ2n) is 11.3. The van der Waals surface area contributed by atoms with Crippen molar-refractivity contribution in [2.24, 2.45) is 0 Å². The van der Waals surface area contributed by atoms with E-state index in [0.29, 0.717) is 38.2 Å². The highest BCUT2D eigenvalue weighted by Crippen LogP contribution is 2.41. The number of nitrogens with zero attached hydrogens (tertiary/aromatic N) is 2. The highest BCUT2D eigenvalue weighted by molar-refractivity contribution is 6.07. The number of anilines is 1. The number of aldehydes is 1. The molecule has 2 aliphatic rings. The van der Waals surface area contributed by atoms with Gasteiger partial charge in [0, 0.05) is 49.5 Å². The average molecular weight is 605 g/mol. The lowest BCUT2D eigenvalue weighted by Crippen LogP contribution is -2.83. The fourth-order valence-electron chi connectivity index (χ4n) is 5.49. The van der Waals surface area contributed by atoms with Gasteiger partial charge in [0.05, 0.1) is 18.8 Å². The van der Waals surface area contributed by atoms with E-state index in [2.05, 4.69) is 5.32 Å². The van der Waals surface area contributed by atoms with Crippen molar-refractivity contribution in [3.05, 3.63) is 51.8 Å². The molecular formula is C29H37FN4O9. The lowest BCUT2D eigenvalue weighted by atomic mass is 9.72. The van der Waals surface area contributed by atoms with E-state index >= 15 is 4.39 Å². The quantitative estimate of drug-likeness (QED) is 0.0884. The summed E-state index contributed by atoms with van der Waals surface area (Å²) in [5.41, 5.74) is -7.19. The number of imide groups is 1. The summed E-state index contributed by atoms with van der Waals surface area (Å²) in [4.78, 5) is 39.9. The number of halogens is 1. The zero-order chi connectivity index (χ0) is 31.9. The van der Waals surface area contributed by atoms with E-state index in [1.54, 1.807) is 6.92 Å². The Balaban J connectivity index is 1.64. The van der Waals surface area contributed by atoms with E-state index in [-0.39, 0.29) is 53.3 Å². The molecule has 2 aromatic rings. The number of likely N-dealkylation sites (N-methyl/N-ethyl adjacent to an activating group) is 1. The Morgan fingerprint density at radius 1 is 1.07 bits per heavy atom. The number of carbonyl (C=O) groups excluding carboxylic acids is 3. The fourth-order valence-corrected chi connectivity index (χ4v) is 5.49. The standard InChI is InChI=1S/C29H37FN4O9/c1-16-19(14-34-8-10-43-11-9-34)24(37)22(30)18(23(16)36)12-31-21-7-5-6-17(15-35)20(21)13-33(4)29(42)26(39)32-25(38)27(2,40)28(29,3)41/h5-7,15,31,36-37,40-42H,8-14H2,1-4H3,(H,32,38,39). The van der Waals surface area contributed by atoms with Gasteiger partial charge in [0.15, 0.2) is 22.8 Å². The molecule has 2 saturated heterocycles. The van der Waals surface area contributed by atoms with Crippen molar-refractivity contribution in [2.75, 3.05) is 38.7 Å². The summed E-state index contributed by atoms with van der Waals surface area (Å²) in [6.07, 6.45) is 0.519. The predicted octanol–water partition coefficient (Wildman–Crippen LogP) is 0.0809. The number of ether oxygens (including phenoxy) is 1. The number of rotatable bonds is 9. The van der Waals surface area contributed by atoms with E-state index in [1.807, 2.05) is 10.2 Å². The van der Waals surface area contributed by atoms with Crippen LogP contribution in [-0.4, -0.2) is 104 Å². The SMILES string of the molecule is Cc1c(O)c(CNc2cccc(C=O)c2CN(C)C2(O)C(=O)NC(=O)C(C)(O)C2(C)O)c(F)c(O)c1CN1CCOCC1. The second-order valence-corrected chi connectivity index (χ2v) is 11.3. The van der Waals surface area contributed by atoms with Crippen LogP contribution in [0.5, 0.6) is 11.5 Å². The van der Waals surface area contributed by atoms with Crippen molar-refractivity contribution in [2.45, 2.75) is 57.3 Å². The first kappa shape index (κ1) is 32.3. The van der Waals surface area contributed by atoms with Crippen LogP contribution in [0.3, 0.4) is 0 Å².